The number of aryl methyl sites for hydroxylation is 2. The van der Waals surface area contributed by atoms with Crippen molar-refractivity contribution in [1.29, 1.82) is 0 Å². The molecule has 2 fully saturated rings. The Bertz CT molecular complexity index is 3990. The van der Waals surface area contributed by atoms with Crippen LogP contribution in [0.15, 0.2) is 112 Å². The molecule has 25 heteroatoms. The molecule has 12 rings (SSSR count). The molecule has 0 atom stereocenters. The number of rotatable bonds is 19. The van der Waals surface area contributed by atoms with Gasteiger partial charge in [-0.3, -0.25) is 9.97 Å². The number of pyridine rings is 2. The van der Waals surface area contributed by atoms with Gasteiger partial charge in [0, 0.05) is 112 Å². The summed E-state index contributed by atoms with van der Waals surface area (Å²) in [6.45, 7) is 12.5. The van der Waals surface area contributed by atoms with Gasteiger partial charge in [0.05, 0.1) is 46.4 Å². The van der Waals surface area contributed by atoms with Gasteiger partial charge in [-0.1, -0.05) is 38.5 Å². The Morgan fingerprint density at radius 3 is 1.41 bits per heavy atom. The monoisotopic (exact) mass is 1180 g/mol. The van der Waals surface area contributed by atoms with E-state index in [0.717, 1.165) is 95.0 Å². The van der Waals surface area contributed by atoms with Gasteiger partial charge in [-0.05, 0) is 106 Å². The molecule has 0 spiro atoms. The van der Waals surface area contributed by atoms with Crippen molar-refractivity contribution >= 4 is 23.2 Å². The zero-order valence-corrected chi connectivity index (χ0v) is 50.0. The summed E-state index contributed by atoms with van der Waals surface area (Å²) < 4.78 is 36.6. The molecule has 2 saturated carbocycles. The second-order valence-electron chi connectivity index (χ2n) is 22.1. The lowest BCUT2D eigenvalue weighted by atomic mass is 9.72. The molecule has 2 aliphatic rings. The van der Waals surface area contributed by atoms with Gasteiger partial charge in [0.25, 0.3) is 0 Å². The summed E-state index contributed by atoms with van der Waals surface area (Å²) in [5, 5.41) is 27.5. The number of hydrogen-bond acceptors (Lipinski definition) is 21. The van der Waals surface area contributed by atoms with Crippen LogP contribution in [0.5, 0.6) is 23.0 Å². The number of fused-ring (bicyclic) bond motifs is 2. The molecule has 2 aliphatic carbocycles. The summed E-state index contributed by atoms with van der Waals surface area (Å²) in [6.07, 6.45) is 13.6. The molecule has 0 saturated heterocycles. The molecule has 25 nitrogen and oxygen atoms in total. The van der Waals surface area contributed by atoms with Gasteiger partial charge in [-0.25, -0.2) is 29.9 Å². The number of nitrogens with one attached hydrogen (secondary N) is 2. The number of aliphatic hydroxyl groups is 1. The molecule has 2 aromatic carbocycles. The molecule has 87 heavy (non-hydrogen) atoms. The molecule has 8 heterocycles. The normalized spacial score (nSPS) is 16.1. The fourth-order valence-corrected chi connectivity index (χ4v) is 10.5. The van der Waals surface area contributed by atoms with E-state index in [-0.39, 0.29) is 19.3 Å². The van der Waals surface area contributed by atoms with Crippen molar-refractivity contribution in [2.75, 3.05) is 46.2 Å². The highest BCUT2D eigenvalue weighted by Gasteiger charge is 2.38. The zero-order chi connectivity index (χ0) is 60.9. The van der Waals surface area contributed by atoms with Crippen molar-refractivity contribution in [2.45, 2.75) is 122 Å². The van der Waals surface area contributed by atoms with Crippen LogP contribution in [-0.4, -0.2) is 99.8 Å². The van der Waals surface area contributed by atoms with Gasteiger partial charge in [0.15, 0.2) is 22.9 Å². The van der Waals surface area contributed by atoms with Gasteiger partial charge in [-0.15, -0.1) is 10.2 Å². The third-order valence-corrected chi connectivity index (χ3v) is 15.8. The number of hydrogen-bond donors (Lipinski definition) is 4. The Balaban J connectivity index is 0.000000200. The predicted octanol–water partition coefficient (Wildman–Crippen LogP) is 11.5. The van der Waals surface area contributed by atoms with Crippen LogP contribution >= 0.6 is 0 Å². The number of methoxy groups -OCH3 is 4. The van der Waals surface area contributed by atoms with Crippen LogP contribution < -0.4 is 35.3 Å². The Morgan fingerprint density at radius 1 is 0.621 bits per heavy atom. The minimum absolute atomic E-state index is 0. The molecule has 8 aromatic heterocycles. The number of aliphatic hydroxyl groups excluding tert-OH is 1. The lowest BCUT2D eigenvalue weighted by Crippen LogP contribution is -2.29. The smallest absolute Gasteiger partial charge is 0.245 e. The van der Waals surface area contributed by atoms with E-state index in [2.05, 4.69) is 47.7 Å². The second-order valence-corrected chi connectivity index (χ2v) is 22.1. The van der Waals surface area contributed by atoms with Crippen molar-refractivity contribution in [3.8, 4) is 46.2 Å². The maximum Gasteiger partial charge on any atom is 0.245 e. The highest BCUT2D eigenvalue weighted by Crippen LogP contribution is 2.48. The Kier molecular flexibility index (Phi) is 18.7. The van der Waals surface area contributed by atoms with Crippen LogP contribution in [-0.2, 0) is 24.2 Å². The minimum Gasteiger partial charge on any atom is -0.497 e. The Labute approximate surface area is 503 Å². The summed E-state index contributed by atoms with van der Waals surface area (Å²) in [6, 6.07) is 19.6. The van der Waals surface area contributed by atoms with Gasteiger partial charge in [0.2, 0.25) is 23.7 Å². The summed E-state index contributed by atoms with van der Waals surface area (Å²) in [7, 11) is 7.52. The van der Waals surface area contributed by atoms with Crippen molar-refractivity contribution < 1.29 is 32.9 Å². The number of azide groups is 1. The van der Waals surface area contributed by atoms with E-state index in [9.17, 15) is 0 Å². The maximum atomic E-state index is 8.86. The molecule has 0 aliphatic heterocycles. The average molecular weight is 1180 g/mol. The average Bonchev–Trinajstić information content (AvgIpc) is 2.08. The number of benzene rings is 2. The number of nitrogens with zero attached hydrogens (tertiary/aromatic N) is 15. The first-order chi connectivity index (χ1) is 41.6. The standard InChI is InChI=1S/C30H32N10O3.C30H34N8O3.CH4O.CH4/c1-17-25(28-32-10-11-43-28)35-29(34-15-18-6-8-22(41-4)14-24(18)42-5)40-27(17)36-26(37-40)20-12-19(13-20)23-9-7-21(16-33-23)30(2,3)38-39-31;1-17-25(28-32-10-11-41-28)35-29(34-15-18-6-8-22(39-4)14-24(18)40-5)38-27(17)36-26(37-38)20-12-19(13-20)23-9-7-21(16-33-23)30(2,3)31;1-2;/h6-11,14,16,19-20H,12-13,15H2,1-5H3,(H,34,35);6-11,14,16,19-20H,12-13,15,31H2,1-5H3,(H,34,35);2H,1H3;1H4. The molecule has 0 unspecified atom stereocenters. The van der Waals surface area contributed by atoms with Crippen LogP contribution in [0.25, 0.3) is 44.9 Å². The van der Waals surface area contributed by atoms with Crippen LogP contribution in [0, 0.1) is 13.8 Å². The second kappa shape index (κ2) is 26.3. The minimum atomic E-state index is -0.650. The maximum absolute atomic E-state index is 8.86. The Hall–Kier alpha value is -9.71. The molecule has 0 radical (unpaired) electrons. The third kappa shape index (κ3) is 13.0. The van der Waals surface area contributed by atoms with Crippen molar-refractivity contribution in [1.82, 2.24) is 59.1 Å². The topological polar surface area (TPSA) is 320 Å². The number of oxazole rings is 2. The summed E-state index contributed by atoms with van der Waals surface area (Å²) >= 11 is 0. The SMILES string of the molecule is C.CO.COc1ccc(CNc2nc(-c3ncco3)c(C)c3nc(C4CC(c5ccc(C(C)(C)N)cn5)C4)nn23)c(OC)c1.COc1ccc(CNc2nc(-c3ncco3)c(C)c3nc(C4CC(c5ccc(C(C)(C)N=[N+]=[N-])cn5)C4)nn23)c(OC)c1. The van der Waals surface area contributed by atoms with Crippen LogP contribution in [0.2, 0.25) is 0 Å². The first-order valence-electron chi connectivity index (χ1n) is 28.0. The van der Waals surface area contributed by atoms with Crippen LogP contribution in [0.1, 0.15) is 141 Å². The molecule has 0 amide bonds. The Morgan fingerprint density at radius 2 is 1.06 bits per heavy atom. The zero-order valence-electron chi connectivity index (χ0n) is 50.0. The van der Waals surface area contributed by atoms with E-state index < -0.39 is 11.1 Å². The molecule has 0 bridgehead atoms. The van der Waals surface area contributed by atoms with Crippen LogP contribution in [0.4, 0.5) is 11.9 Å². The lowest BCUT2D eigenvalue weighted by molar-refractivity contribution is 0.332. The summed E-state index contributed by atoms with van der Waals surface area (Å²) in [5.74, 6) is 7.38. The highest BCUT2D eigenvalue weighted by molar-refractivity contribution is 5.68. The molecule has 10 aromatic rings. The fourth-order valence-electron chi connectivity index (χ4n) is 10.5. The first-order valence-corrected chi connectivity index (χ1v) is 28.0. The van der Waals surface area contributed by atoms with E-state index in [1.54, 1.807) is 56.1 Å². The van der Waals surface area contributed by atoms with E-state index in [4.69, 9.17) is 79.3 Å². The molecule has 5 N–H and O–H groups in total. The largest absolute Gasteiger partial charge is 0.497 e. The third-order valence-electron chi connectivity index (χ3n) is 15.8. The lowest BCUT2D eigenvalue weighted by Gasteiger charge is -2.33. The molecular formula is C62H74N18O7. The van der Waals surface area contributed by atoms with E-state index in [1.165, 1.54) is 12.5 Å². The van der Waals surface area contributed by atoms with E-state index >= 15 is 0 Å². The number of aromatic nitrogens is 12. The van der Waals surface area contributed by atoms with E-state index in [0.29, 0.717) is 88.5 Å². The van der Waals surface area contributed by atoms with Crippen molar-refractivity contribution in [3.05, 3.63) is 165 Å². The highest BCUT2D eigenvalue weighted by atomic mass is 16.5. The molecule has 454 valence electrons. The number of ether oxygens (including phenoxy) is 4. The van der Waals surface area contributed by atoms with Crippen molar-refractivity contribution in [3.63, 3.8) is 0 Å². The first kappa shape index (κ1) is 61.8. The molecular weight excluding hydrogens is 1110 g/mol. The summed E-state index contributed by atoms with van der Waals surface area (Å²) in [5.41, 5.74) is 24.2. The van der Waals surface area contributed by atoms with E-state index in [1.807, 2.05) is 96.3 Å². The quantitative estimate of drug-likeness (QED) is 0.0332. The van der Waals surface area contributed by atoms with Gasteiger partial charge in [0.1, 0.15) is 46.9 Å². The van der Waals surface area contributed by atoms with Gasteiger partial charge >= 0.3 is 0 Å². The predicted molar refractivity (Wildman–Crippen MR) is 328 cm³/mol. The van der Waals surface area contributed by atoms with Gasteiger partial charge in [-0.2, -0.15) is 9.03 Å². The summed E-state index contributed by atoms with van der Waals surface area (Å²) in [4.78, 5) is 40.7. The fraction of sp³-hybridized carbons (Fsp3) is 0.387. The van der Waals surface area contributed by atoms with Crippen molar-refractivity contribution in [2.24, 2.45) is 10.8 Å². The number of nitrogens with two attached hydrogens (primary N) is 1. The van der Waals surface area contributed by atoms with Gasteiger partial charge < -0.3 is 49.3 Å². The number of anilines is 2. The van der Waals surface area contributed by atoms with Crippen LogP contribution in [0.3, 0.4) is 0 Å².